The number of rotatable bonds is 2. The highest BCUT2D eigenvalue weighted by Crippen LogP contribution is 2.41. The van der Waals surface area contributed by atoms with Gasteiger partial charge in [-0.15, -0.1) is 0 Å². The number of aliphatic carboxylic acids is 1. The summed E-state index contributed by atoms with van der Waals surface area (Å²) in [6, 6.07) is 2.93. The molecule has 5 heteroatoms. The minimum absolute atomic E-state index is 0.0138. The molecule has 2 N–H and O–H groups in total. The van der Waals surface area contributed by atoms with Crippen LogP contribution in [-0.4, -0.2) is 16.1 Å². The molecule has 18 heavy (non-hydrogen) atoms. The summed E-state index contributed by atoms with van der Waals surface area (Å²) in [6.07, 6.45) is 1.75. The standard InChI is InChI=1S/C13H11BrFNO2/c14-10-5-7(15)4-9-8-2-1-6(3-11(17)18)12(8)16-13(9)10/h4-6,16H,1-3H2,(H,17,18)/t6-/m1/s1. The van der Waals surface area contributed by atoms with Crippen LogP contribution in [0.25, 0.3) is 10.9 Å². The molecule has 94 valence electrons. The number of hydrogen-bond acceptors (Lipinski definition) is 1. The molecule has 0 saturated carbocycles. The summed E-state index contributed by atoms with van der Waals surface area (Å²) in [6.45, 7) is 0. The van der Waals surface area contributed by atoms with E-state index in [0.29, 0.717) is 4.47 Å². The van der Waals surface area contributed by atoms with Crippen LogP contribution in [0.1, 0.15) is 30.0 Å². The molecule has 0 radical (unpaired) electrons. The molecule has 0 aliphatic heterocycles. The van der Waals surface area contributed by atoms with E-state index in [1.54, 1.807) is 0 Å². The van der Waals surface area contributed by atoms with E-state index in [0.717, 1.165) is 35.0 Å². The summed E-state index contributed by atoms with van der Waals surface area (Å²) < 4.78 is 14.1. The van der Waals surface area contributed by atoms with Gasteiger partial charge in [-0.25, -0.2) is 4.39 Å². The Balaban J connectivity index is 2.15. The molecule has 3 nitrogen and oxygen atoms in total. The molecule has 3 rings (SSSR count). The van der Waals surface area contributed by atoms with Crippen LogP contribution in [0.4, 0.5) is 4.39 Å². The minimum atomic E-state index is -0.795. The molecule has 1 aliphatic carbocycles. The van der Waals surface area contributed by atoms with Gasteiger partial charge in [0.2, 0.25) is 0 Å². The molecule has 1 atom stereocenters. The molecular formula is C13H11BrFNO2. The molecule has 1 heterocycles. The van der Waals surface area contributed by atoms with Crippen molar-refractivity contribution < 1.29 is 14.3 Å². The van der Waals surface area contributed by atoms with Gasteiger partial charge in [-0.3, -0.25) is 4.79 Å². The number of benzene rings is 1. The number of carboxylic acids is 1. The maximum Gasteiger partial charge on any atom is 0.304 e. The molecule has 2 aromatic rings. The molecule has 0 spiro atoms. The summed E-state index contributed by atoms with van der Waals surface area (Å²) in [5, 5.41) is 9.76. The Labute approximate surface area is 111 Å². The molecule has 0 bridgehead atoms. The molecule has 0 saturated heterocycles. The molecule has 0 amide bonds. The molecule has 0 unspecified atom stereocenters. The number of halogens is 2. The Morgan fingerprint density at radius 3 is 3.06 bits per heavy atom. The fourth-order valence-electron chi connectivity index (χ4n) is 2.79. The predicted molar refractivity (Wildman–Crippen MR) is 69.3 cm³/mol. The molecule has 1 aliphatic rings. The number of fused-ring (bicyclic) bond motifs is 3. The summed E-state index contributed by atoms with van der Waals surface area (Å²) in [7, 11) is 0. The van der Waals surface area contributed by atoms with Crippen LogP contribution in [0, 0.1) is 5.82 Å². The van der Waals surface area contributed by atoms with Crippen molar-refractivity contribution in [2.45, 2.75) is 25.2 Å². The second kappa shape index (κ2) is 4.09. The number of aromatic amines is 1. The maximum absolute atomic E-state index is 13.4. The number of carboxylic acid groups (broad SMARTS) is 1. The third-order valence-corrected chi connectivity index (χ3v) is 4.16. The second-order valence-corrected chi connectivity index (χ2v) is 5.52. The summed E-state index contributed by atoms with van der Waals surface area (Å²) in [5.41, 5.74) is 2.88. The first-order valence-electron chi connectivity index (χ1n) is 5.77. The Morgan fingerprint density at radius 1 is 1.56 bits per heavy atom. The number of aromatic nitrogens is 1. The largest absolute Gasteiger partial charge is 0.481 e. The zero-order valence-corrected chi connectivity index (χ0v) is 11.1. The van der Waals surface area contributed by atoms with E-state index in [4.69, 9.17) is 5.11 Å². The van der Waals surface area contributed by atoms with Gasteiger partial charge < -0.3 is 10.1 Å². The Hall–Kier alpha value is -1.36. The maximum atomic E-state index is 13.4. The Kier molecular flexibility index (Phi) is 2.66. The van der Waals surface area contributed by atoms with E-state index in [1.165, 1.54) is 12.1 Å². The number of H-pyrrole nitrogens is 1. The highest BCUT2D eigenvalue weighted by atomic mass is 79.9. The molecule has 1 aromatic carbocycles. The van der Waals surface area contributed by atoms with Crippen LogP contribution in [0.2, 0.25) is 0 Å². The number of aryl methyl sites for hydroxylation is 1. The van der Waals surface area contributed by atoms with Crippen LogP contribution in [-0.2, 0) is 11.2 Å². The quantitative estimate of drug-likeness (QED) is 0.890. The number of nitrogens with one attached hydrogen (secondary N) is 1. The van der Waals surface area contributed by atoms with Crippen molar-refractivity contribution in [1.29, 1.82) is 0 Å². The van der Waals surface area contributed by atoms with E-state index < -0.39 is 5.97 Å². The first kappa shape index (κ1) is 11.7. The topological polar surface area (TPSA) is 53.1 Å². The average molecular weight is 312 g/mol. The van der Waals surface area contributed by atoms with Gasteiger partial charge in [0.15, 0.2) is 0 Å². The van der Waals surface area contributed by atoms with Crippen molar-refractivity contribution in [2.24, 2.45) is 0 Å². The number of hydrogen-bond donors (Lipinski definition) is 2. The molecular weight excluding hydrogens is 301 g/mol. The fraction of sp³-hybridized carbons (Fsp3) is 0.308. The average Bonchev–Trinajstić information content (AvgIpc) is 2.79. The smallest absolute Gasteiger partial charge is 0.304 e. The minimum Gasteiger partial charge on any atom is -0.481 e. The number of carbonyl (C=O) groups is 1. The van der Waals surface area contributed by atoms with E-state index >= 15 is 0 Å². The van der Waals surface area contributed by atoms with Gasteiger partial charge >= 0.3 is 5.97 Å². The van der Waals surface area contributed by atoms with Gasteiger partial charge in [-0.05, 0) is 46.5 Å². The van der Waals surface area contributed by atoms with Crippen molar-refractivity contribution in [3.63, 3.8) is 0 Å². The molecule has 1 aromatic heterocycles. The lowest BCUT2D eigenvalue weighted by molar-refractivity contribution is -0.137. The van der Waals surface area contributed by atoms with Crippen LogP contribution < -0.4 is 0 Å². The third kappa shape index (κ3) is 1.73. The summed E-state index contributed by atoms with van der Waals surface area (Å²) in [4.78, 5) is 14.1. The monoisotopic (exact) mass is 311 g/mol. The first-order valence-corrected chi connectivity index (χ1v) is 6.57. The van der Waals surface area contributed by atoms with Gasteiger partial charge in [0.05, 0.1) is 11.9 Å². The van der Waals surface area contributed by atoms with E-state index in [2.05, 4.69) is 20.9 Å². The lowest BCUT2D eigenvalue weighted by Crippen LogP contribution is -2.03. The second-order valence-electron chi connectivity index (χ2n) is 4.66. The zero-order chi connectivity index (χ0) is 12.9. The van der Waals surface area contributed by atoms with Crippen molar-refractivity contribution in [3.8, 4) is 0 Å². The van der Waals surface area contributed by atoms with Crippen LogP contribution in [0.5, 0.6) is 0 Å². The van der Waals surface area contributed by atoms with Gasteiger partial charge in [0.25, 0.3) is 0 Å². The van der Waals surface area contributed by atoms with Crippen molar-refractivity contribution in [3.05, 3.63) is 33.7 Å². The zero-order valence-electron chi connectivity index (χ0n) is 9.46. The summed E-state index contributed by atoms with van der Waals surface area (Å²) >= 11 is 3.33. The van der Waals surface area contributed by atoms with E-state index in [1.807, 2.05) is 0 Å². The van der Waals surface area contributed by atoms with Crippen molar-refractivity contribution >= 4 is 32.8 Å². The van der Waals surface area contributed by atoms with Gasteiger partial charge in [-0.1, -0.05) is 0 Å². The van der Waals surface area contributed by atoms with E-state index in [-0.39, 0.29) is 18.2 Å². The SMILES string of the molecule is O=C(O)C[C@H]1CCc2c1[nH]c1c(Br)cc(F)cc21. The lowest BCUT2D eigenvalue weighted by atomic mass is 10.0. The van der Waals surface area contributed by atoms with Crippen LogP contribution in [0.3, 0.4) is 0 Å². The third-order valence-electron chi connectivity index (χ3n) is 3.54. The van der Waals surface area contributed by atoms with E-state index in [9.17, 15) is 9.18 Å². The normalized spacial score (nSPS) is 18.2. The van der Waals surface area contributed by atoms with Gasteiger partial charge in [0, 0.05) is 21.5 Å². The van der Waals surface area contributed by atoms with Gasteiger partial charge in [0.1, 0.15) is 5.82 Å². The molecule has 0 fully saturated rings. The highest BCUT2D eigenvalue weighted by Gasteiger charge is 2.28. The summed E-state index contributed by atoms with van der Waals surface area (Å²) in [5.74, 6) is -1.06. The van der Waals surface area contributed by atoms with Crippen molar-refractivity contribution in [2.75, 3.05) is 0 Å². The van der Waals surface area contributed by atoms with Crippen molar-refractivity contribution in [1.82, 2.24) is 4.98 Å². The predicted octanol–water partition coefficient (Wildman–Crippen LogP) is 3.57. The highest BCUT2D eigenvalue weighted by molar-refractivity contribution is 9.10. The Bertz CT molecular complexity index is 650. The lowest BCUT2D eigenvalue weighted by Gasteiger charge is -2.05. The van der Waals surface area contributed by atoms with Gasteiger partial charge in [-0.2, -0.15) is 0 Å². The Morgan fingerprint density at radius 2 is 2.33 bits per heavy atom. The van der Waals surface area contributed by atoms with Crippen LogP contribution in [0.15, 0.2) is 16.6 Å². The first-order chi connectivity index (χ1) is 8.56. The van der Waals surface area contributed by atoms with Crippen LogP contribution >= 0.6 is 15.9 Å². The fourth-order valence-corrected chi connectivity index (χ4v) is 3.32.